The quantitative estimate of drug-likeness (QED) is 0.731. The Hall–Kier alpha value is -2.46. The summed E-state index contributed by atoms with van der Waals surface area (Å²) < 4.78 is 0. The minimum Gasteiger partial charge on any atom is -0.351 e. The molecule has 0 aliphatic rings. The van der Waals surface area contributed by atoms with E-state index in [9.17, 15) is 4.79 Å². The van der Waals surface area contributed by atoms with Gasteiger partial charge in [0.25, 0.3) is 0 Å². The highest BCUT2D eigenvalue weighted by atomic mass is 32.1. The van der Waals surface area contributed by atoms with Crippen molar-refractivity contribution >= 4 is 17.2 Å². The van der Waals surface area contributed by atoms with E-state index in [1.165, 1.54) is 11.1 Å². The summed E-state index contributed by atoms with van der Waals surface area (Å²) in [5, 5.41) is 4.03. The highest BCUT2D eigenvalue weighted by Gasteiger charge is 2.12. The number of carbonyl (C=O) groups is 1. The molecule has 0 aliphatic heterocycles. The Morgan fingerprint density at radius 2 is 1.88 bits per heavy atom. The van der Waals surface area contributed by atoms with Crippen LogP contribution < -0.4 is 5.32 Å². The molecule has 25 heavy (non-hydrogen) atoms. The molecule has 3 rings (SSSR count). The lowest BCUT2D eigenvalue weighted by Crippen LogP contribution is -2.24. The molecule has 0 saturated carbocycles. The number of carbonyl (C=O) groups excluding carboxylic acids is 1. The van der Waals surface area contributed by atoms with Crippen LogP contribution in [0.1, 0.15) is 27.3 Å². The van der Waals surface area contributed by atoms with E-state index in [2.05, 4.69) is 29.4 Å². The van der Waals surface area contributed by atoms with Gasteiger partial charge in [-0.15, -0.1) is 11.3 Å². The van der Waals surface area contributed by atoms with Crippen LogP contribution in [0.5, 0.6) is 0 Å². The van der Waals surface area contributed by atoms with E-state index in [0.29, 0.717) is 13.0 Å². The summed E-state index contributed by atoms with van der Waals surface area (Å²) in [6.45, 7) is 6.66. The Labute approximate surface area is 152 Å². The zero-order valence-electron chi connectivity index (χ0n) is 14.8. The third-order valence-corrected chi connectivity index (χ3v) is 5.35. The lowest BCUT2D eigenvalue weighted by Gasteiger charge is -2.05. The first-order valence-corrected chi connectivity index (χ1v) is 9.19. The summed E-state index contributed by atoms with van der Waals surface area (Å²) in [7, 11) is 0. The van der Waals surface area contributed by atoms with Crippen molar-refractivity contribution in [3.05, 3.63) is 75.8 Å². The van der Waals surface area contributed by atoms with Crippen molar-refractivity contribution in [2.24, 2.45) is 0 Å². The Bertz CT molecular complexity index is 898. The number of amides is 1. The van der Waals surface area contributed by atoms with E-state index in [1.54, 1.807) is 11.3 Å². The number of aryl methyl sites for hydroxylation is 3. The van der Waals surface area contributed by atoms with Crippen molar-refractivity contribution < 1.29 is 4.79 Å². The van der Waals surface area contributed by atoms with Gasteiger partial charge in [0.1, 0.15) is 5.01 Å². The highest BCUT2D eigenvalue weighted by molar-refractivity contribution is 7.15. The van der Waals surface area contributed by atoms with Crippen LogP contribution in [0.25, 0.3) is 10.6 Å². The molecule has 0 spiro atoms. The van der Waals surface area contributed by atoms with E-state index in [0.717, 1.165) is 26.7 Å². The van der Waals surface area contributed by atoms with Crippen LogP contribution in [0.2, 0.25) is 0 Å². The van der Waals surface area contributed by atoms with Gasteiger partial charge in [-0.05, 0) is 31.9 Å². The SMILES string of the molecule is Cc1cccc(CC(=O)NCc2sc(-c3ccccc3C)nc2C)c1. The summed E-state index contributed by atoms with van der Waals surface area (Å²) in [5.74, 6) is 0.0378. The first kappa shape index (κ1) is 17.4. The van der Waals surface area contributed by atoms with Gasteiger partial charge < -0.3 is 5.32 Å². The lowest BCUT2D eigenvalue weighted by molar-refractivity contribution is -0.120. The van der Waals surface area contributed by atoms with Gasteiger partial charge in [0.05, 0.1) is 18.7 Å². The number of benzene rings is 2. The van der Waals surface area contributed by atoms with E-state index in [4.69, 9.17) is 0 Å². The molecule has 128 valence electrons. The Morgan fingerprint density at radius 1 is 1.08 bits per heavy atom. The third kappa shape index (κ3) is 4.34. The molecular formula is C21H22N2OS. The van der Waals surface area contributed by atoms with Crippen molar-refractivity contribution in [3.8, 4) is 10.6 Å². The molecule has 1 N–H and O–H groups in total. The van der Waals surface area contributed by atoms with Gasteiger partial charge in [-0.2, -0.15) is 0 Å². The summed E-state index contributed by atoms with van der Waals surface area (Å²) in [6.07, 6.45) is 0.407. The largest absolute Gasteiger partial charge is 0.351 e. The maximum Gasteiger partial charge on any atom is 0.224 e. The lowest BCUT2D eigenvalue weighted by atomic mass is 10.1. The number of nitrogens with zero attached hydrogens (tertiary/aromatic N) is 1. The van der Waals surface area contributed by atoms with Crippen LogP contribution in [-0.2, 0) is 17.8 Å². The van der Waals surface area contributed by atoms with Crippen molar-refractivity contribution in [3.63, 3.8) is 0 Å². The molecule has 0 aliphatic carbocycles. The standard InChI is InChI=1S/C21H22N2OS/c1-14-7-6-9-17(11-14)12-20(24)22-13-19-16(3)23-21(25-19)18-10-5-4-8-15(18)2/h4-11H,12-13H2,1-3H3,(H,22,24). The molecule has 0 atom stereocenters. The third-order valence-electron chi connectivity index (χ3n) is 4.16. The van der Waals surface area contributed by atoms with Gasteiger partial charge in [-0.3, -0.25) is 4.79 Å². The average molecular weight is 350 g/mol. The predicted molar refractivity (Wildman–Crippen MR) is 104 cm³/mol. The fourth-order valence-electron chi connectivity index (χ4n) is 2.77. The zero-order valence-corrected chi connectivity index (χ0v) is 15.6. The molecule has 3 aromatic rings. The molecule has 0 radical (unpaired) electrons. The molecule has 1 aromatic heterocycles. The van der Waals surface area contributed by atoms with Crippen molar-refractivity contribution in [1.29, 1.82) is 0 Å². The van der Waals surface area contributed by atoms with Crippen LogP contribution in [0.15, 0.2) is 48.5 Å². The van der Waals surface area contributed by atoms with Crippen LogP contribution in [-0.4, -0.2) is 10.9 Å². The first-order chi connectivity index (χ1) is 12.0. The number of hydrogen-bond donors (Lipinski definition) is 1. The van der Waals surface area contributed by atoms with E-state index < -0.39 is 0 Å². The Kier molecular flexibility index (Phi) is 5.29. The molecule has 2 aromatic carbocycles. The Balaban J connectivity index is 1.66. The average Bonchev–Trinajstić information content (AvgIpc) is 2.94. The maximum atomic E-state index is 12.2. The molecule has 4 heteroatoms. The monoisotopic (exact) mass is 350 g/mol. The van der Waals surface area contributed by atoms with Crippen LogP contribution in [0, 0.1) is 20.8 Å². The van der Waals surface area contributed by atoms with Gasteiger partial charge in [-0.25, -0.2) is 4.98 Å². The van der Waals surface area contributed by atoms with Crippen LogP contribution >= 0.6 is 11.3 Å². The zero-order chi connectivity index (χ0) is 17.8. The molecule has 1 heterocycles. The molecule has 1 amide bonds. The fourth-order valence-corrected chi connectivity index (χ4v) is 3.86. The molecule has 0 saturated heterocycles. The number of thiazole rings is 1. The normalized spacial score (nSPS) is 10.7. The molecule has 0 fully saturated rings. The fraction of sp³-hybridized carbons (Fsp3) is 0.238. The first-order valence-electron chi connectivity index (χ1n) is 8.37. The van der Waals surface area contributed by atoms with Gasteiger partial charge >= 0.3 is 0 Å². The van der Waals surface area contributed by atoms with Crippen molar-refractivity contribution in [1.82, 2.24) is 10.3 Å². The van der Waals surface area contributed by atoms with Crippen molar-refractivity contribution in [2.45, 2.75) is 33.7 Å². The number of aromatic nitrogens is 1. The summed E-state index contributed by atoms with van der Waals surface area (Å²) in [6, 6.07) is 16.3. The second-order valence-corrected chi connectivity index (χ2v) is 7.37. The number of nitrogens with one attached hydrogen (secondary N) is 1. The van der Waals surface area contributed by atoms with Crippen molar-refractivity contribution in [2.75, 3.05) is 0 Å². The molecule has 0 bridgehead atoms. The Morgan fingerprint density at radius 3 is 2.64 bits per heavy atom. The topological polar surface area (TPSA) is 42.0 Å². The minimum atomic E-state index is 0.0378. The molecular weight excluding hydrogens is 328 g/mol. The van der Waals surface area contributed by atoms with Gasteiger partial charge in [0, 0.05) is 10.4 Å². The molecule has 3 nitrogen and oxygen atoms in total. The van der Waals surface area contributed by atoms with Gasteiger partial charge in [-0.1, -0.05) is 54.1 Å². The minimum absolute atomic E-state index is 0.0378. The summed E-state index contributed by atoms with van der Waals surface area (Å²) in [5.41, 5.74) is 5.57. The van der Waals surface area contributed by atoms with E-state index >= 15 is 0 Å². The summed E-state index contributed by atoms with van der Waals surface area (Å²) in [4.78, 5) is 18.0. The summed E-state index contributed by atoms with van der Waals surface area (Å²) >= 11 is 1.65. The second kappa shape index (κ2) is 7.62. The van der Waals surface area contributed by atoms with Gasteiger partial charge in [0.15, 0.2) is 0 Å². The van der Waals surface area contributed by atoms with Crippen LogP contribution in [0.4, 0.5) is 0 Å². The number of rotatable bonds is 5. The van der Waals surface area contributed by atoms with Gasteiger partial charge in [0.2, 0.25) is 5.91 Å². The number of hydrogen-bond acceptors (Lipinski definition) is 3. The van der Waals surface area contributed by atoms with Crippen LogP contribution in [0.3, 0.4) is 0 Å². The van der Waals surface area contributed by atoms with E-state index in [-0.39, 0.29) is 5.91 Å². The highest BCUT2D eigenvalue weighted by Crippen LogP contribution is 2.29. The maximum absolute atomic E-state index is 12.2. The van der Waals surface area contributed by atoms with E-state index in [1.807, 2.05) is 50.2 Å². The molecule has 0 unspecified atom stereocenters. The predicted octanol–water partition coefficient (Wildman–Crippen LogP) is 4.59. The smallest absolute Gasteiger partial charge is 0.224 e. The second-order valence-electron chi connectivity index (χ2n) is 6.29.